The van der Waals surface area contributed by atoms with E-state index in [4.69, 9.17) is 9.40 Å². The van der Waals surface area contributed by atoms with Crippen LogP contribution in [0.15, 0.2) is 46.9 Å². The SMILES string of the molecule is CCCNc1nnc(-c2sc(-c3ccc4ccccc4c3)nc2C)o1. The Morgan fingerprint density at radius 1 is 1.08 bits per heavy atom. The number of nitrogens with zero attached hydrogens (tertiary/aromatic N) is 3. The van der Waals surface area contributed by atoms with Crippen LogP contribution >= 0.6 is 11.3 Å². The number of aryl methyl sites for hydroxylation is 1. The summed E-state index contributed by atoms with van der Waals surface area (Å²) in [4.78, 5) is 5.62. The number of hydrogen-bond acceptors (Lipinski definition) is 6. The molecule has 0 aliphatic carbocycles. The highest BCUT2D eigenvalue weighted by atomic mass is 32.1. The van der Waals surface area contributed by atoms with Crippen molar-refractivity contribution in [1.82, 2.24) is 15.2 Å². The van der Waals surface area contributed by atoms with Gasteiger partial charge in [-0.05, 0) is 30.2 Å². The average molecular weight is 350 g/mol. The summed E-state index contributed by atoms with van der Waals surface area (Å²) in [7, 11) is 0. The van der Waals surface area contributed by atoms with Crippen LogP contribution in [0.3, 0.4) is 0 Å². The zero-order valence-electron chi connectivity index (χ0n) is 14.1. The summed E-state index contributed by atoms with van der Waals surface area (Å²) in [6.45, 7) is 4.87. The highest BCUT2D eigenvalue weighted by molar-refractivity contribution is 7.18. The van der Waals surface area contributed by atoms with Crippen molar-refractivity contribution in [3.63, 3.8) is 0 Å². The van der Waals surface area contributed by atoms with Gasteiger partial charge in [-0.25, -0.2) is 4.98 Å². The molecule has 5 nitrogen and oxygen atoms in total. The van der Waals surface area contributed by atoms with Crippen LogP contribution in [-0.2, 0) is 0 Å². The molecule has 0 fully saturated rings. The Morgan fingerprint density at radius 3 is 2.76 bits per heavy atom. The molecule has 0 atom stereocenters. The Labute approximate surface area is 149 Å². The Kier molecular flexibility index (Phi) is 4.19. The van der Waals surface area contributed by atoms with E-state index in [0.29, 0.717) is 11.9 Å². The minimum absolute atomic E-state index is 0.455. The summed E-state index contributed by atoms with van der Waals surface area (Å²) >= 11 is 1.58. The second kappa shape index (κ2) is 6.64. The number of aromatic nitrogens is 3. The van der Waals surface area contributed by atoms with Crippen LogP contribution in [0.4, 0.5) is 6.01 Å². The van der Waals surface area contributed by atoms with Crippen molar-refractivity contribution in [2.45, 2.75) is 20.3 Å². The Morgan fingerprint density at radius 2 is 1.92 bits per heavy atom. The van der Waals surface area contributed by atoms with Crippen molar-refractivity contribution >= 4 is 28.1 Å². The molecule has 126 valence electrons. The molecule has 0 amide bonds. The minimum Gasteiger partial charge on any atom is -0.402 e. The smallest absolute Gasteiger partial charge is 0.315 e. The van der Waals surface area contributed by atoms with Gasteiger partial charge in [-0.1, -0.05) is 48.4 Å². The number of nitrogens with one attached hydrogen (secondary N) is 1. The monoisotopic (exact) mass is 350 g/mol. The zero-order chi connectivity index (χ0) is 17.2. The normalized spacial score (nSPS) is 11.1. The summed E-state index contributed by atoms with van der Waals surface area (Å²) in [6, 6.07) is 15.2. The van der Waals surface area contributed by atoms with E-state index in [1.54, 1.807) is 11.3 Å². The number of hydrogen-bond donors (Lipinski definition) is 1. The predicted octanol–water partition coefficient (Wildman–Crippen LogP) is 5.14. The molecule has 0 unspecified atom stereocenters. The predicted molar refractivity (Wildman–Crippen MR) is 102 cm³/mol. The van der Waals surface area contributed by atoms with Gasteiger partial charge in [-0.15, -0.1) is 16.4 Å². The lowest BCUT2D eigenvalue weighted by Gasteiger charge is -2.00. The number of rotatable bonds is 5. The van der Waals surface area contributed by atoms with Gasteiger partial charge >= 0.3 is 6.01 Å². The van der Waals surface area contributed by atoms with Crippen LogP contribution in [0.2, 0.25) is 0 Å². The van der Waals surface area contributed by atoms with Crippen LogP contribution in [-0.4, -0.2) is 21.7 Å². The van der Waals surface area contributed by atoms with E-state index in [1.165, 1.54) is 10.8 Å². The van der Waals surface area contributed by atoms with Crippen LogP contribution in [0.1, 0.15) is 19.0 Å². The van der Waals surface area contributed by atoms with Gasteiger partial charge in [0.15, 0.2) is 0 Å². The largest absolute Gasteiger partial charge is 0.402 e. The highest BCUT2D eigenvalue weighted by Gasteiger charge is 2.17. The Hall–Kier alpha value is -2.73. The minimum atomic E-state index is 0.455. The Balaban J connectivity index is 1.68. The molecule has 0 saturated heterocycles. The molecule has 0 aliphatic rings. The van der Waals surface area contributed by atoms with Gasteiger partial charge in [0, 0.05) is 12.1 Å². The van der Waals surface area contributed by atoms with E-state index in [1.807, 2.05) is 19.1 Å². The van der Waals surface area contributed by atoms with E-state index in [9.17, 15) is 0 Å². The lowest BCUT2D eigenvalue weighted by atomic mass is 10.1. The molecule has 0 saturated carbocycles. The van der Waals surface area contributed by atoms with Crippen LogP contribution in [0.25, 0.3) is 32.1 Å². The number of fused-ring (bicyclic) bond motifs is 1. The number of thiazole rings is 1. The van der Waals surface area contributed by atoms with Crippen molar-refractivity contribution in [3.05, 3.63) is 48.2 Å². The van der Waals surface area contributed by atoms with E-state index in [0.717, 1.165) is 34.1 Å². The molecule has 2 aromatic heterocycles. The average Bonchev–Trinajstić information content (AvgIpc) is 3.26. The van der Waals surface area contributed by atoms with Gasteiger partial charge in [0.2, 0.25) is 0 Å². The lowest BCUT2D eigenvalue weighted by molar-refractivity contribution is 0.581. The quantitative estimate of drug-likeness (QED) is 0.540. The molecule has 25 heavy (non-hydrogen) atoms. The van der Waals surface area contributed by atoms with Gasteiger partial charge in [0.1, 0.15) is 9.88 Å². The fourth-order valence-corrected chi connectivity index (χ4v) is 3.64. The maximum absolute atomic E-state index is 5.71. The summed E-state index contributed by atoms with van der Waals surface area (Å²) in [5.74, 6) is 0.514. The highest BCUT2D eigenvalue weighted by Crippen LogP contribution is 2.35. The van der Waals surface area contributed by atoms with Gasteiger partial charge in [-0.3, -0.25) is 0 Å². The van der Waals surface area contributed by atoms with Gasteiger partial charge in [0.25, 0.3) is 5.89 Å². The zero-order valence-corrected chi connectivity index (χ0v) is 14.9. The molecule has 1 N–H and O–H groups in total. The third-order valence-corrected chi connectivity index (χ3v) is 5.13. The maximum atomic E-state index is 5.71. The van der Waals surface area contributed by atoms with Crippen molar-refractivity contribution < 1.29 is 4.42 Å². The van der Waals surface area contributed by atoms with Crippen LogP contribution in [0, 0.1) is 6.92 Å². The van der Waals surface area contributed by atoms with Crippen molar-refractivity contribution in [1.29, 1.82) is 0 Å². The number of benzene rings is 2. The van der Waals surface area contributed by atoms with Crippen molar-refractivity contribution in [3.8, 4) is 21.3 Å². The van der Waals surface area contributed by atoms with Crippen LogP contribution in [0.5, 0.6) is 0 Å². The van der Waals surface area contributed by atoms with Crippen molar-refractivity contribution in [2.75, 3.05) is 11.9 Å². The number of anilines is 1. The molecule has 4 rings (SSSR count). The molecular formula is C19H18N4OS. The third-order valence-electron chi connectivity index (χ3n) is 3.94. The lowest BCUT2D eigenvalue weighted by Crippen LogP contribution is -1.99. The molecule has 0 radical (unpaired) electrons. The molecule has 4 aromatic rings. The maximum Gasteiger partial charge on any atom is 0.315 e. The first-order valence-corrected chi connectivity index (χ1v) is 9.10. The first-order chi connectivity index (χ1) is 12.2. The van der Waals surface area contributed by atoms with Crippen LogP contribution < -0.4 is 5.32 Å². The first kappa shape index (κ1) is 15.8. The van der Waals surface area contributed by atoms with Crippen molar-refractivity contribution in [2.24, 2.45) is 0 Å². The summed E-state index contributed by atoms with van der Waals surface area (Å²) in [5, 5.41) is 14.7. The van der Waals surface area contributed by atoms with E-state index in [2.05, 4.69) is 52.8 Å². The third kappa shape index (κ3) is 3.13. The molecule has 0 aliphatic heterocycles. The van der Waals surface area contributed by atoms with E-state index < -0.39 is 0 Å². The fraction of sp³-hybridized carbons (Fsp3) is 0.211. The molecular weight excluding hydrogens is 332 g/mol. The standard InChI is InChI=1S/C19H18N4OS/c1-3-10-20-19-23-22-17(24-19)16-12(2)21-18(25-16)15-9-8-13-6-4-5-7-14(13)11-15/h4-9,11H,3,10H2,1-2H3,(H,20,23). The molecule has 2 aromatic carbocycles. The summed E-state index contributed by atoms with van der Waals surface area (Å²) < 4.78 is 5.71. The van der Waals surface area contributed by atoms with E-state index >= 15 is 0 Å². The summed E-state index contributed by atoms with van der Waals surface area (Å²) in [6.07, 6.45) is 1.00. The van der Waals surface area contributed by atoms with Gasteiger partial charge in [-0.2, -0.15) is 0 Å². The fourth-order valence-electron chi connectivity index (χ4n) is 2.66. The Bertz CT molecular complexity index is 1020. The molecule has 0 spiro atoms. The van der Waals surface area contributed by atoms with Gasteiger partial charge in [0.05, 0.1) is 5.69 Å². The first-order valence-electron chi connectivity index (χ1n) is 8.29. The second-order valence-corrected chi connectivity index (χ2v) is 6.83. The second-order valence-electron chi connectivity index (χ2n) is 5.83. The summed E-state index contributed by atoms with van der Waals surface area (Å²) in [5.41, 5.74) is 2.00. The molecule has 0 bridgehead atoms. The van der Waals surface area contributed by atoms with Gasteiger partial charge < -0.3 is 9.73 Å². The van der Waals surface area contributed by atoms with E-state index in [-0.39, 0.29) is 0 Å². The molecule has 6 heteroatoms. The topological polar surface area (TPSA) is 63.8 Å². The molecule has 2 heterocycles.